The van der Waals surface area contributed by atoms with Crippen LogP contribution < -0.4 is 5.32 Å². The SMILES string of the molecule is CC1(C)CC(Nc2ccc(C#N)c(C#N)c2)CCO1. The van der Waals surface area contributed by atoms with Gasteiger partial charge in [-0.05, 0) is 44.9 Å². The van der Waals surface area contributed by atoms with Crippen LogP contribution in [0.2, 0.25) is 0 Å². The van der Waals surface area contributed by atoms with Gasteiger partial charge in [0.25, 0.3) is 0 Å². The summed E-state index contributed by atoms with van der Waals surface area (Å²) in [6, 6.07) is 9.68. The van der Waals surface area contributed by atoms with Gasteiger partial charge >= 0.3 is 0 Å². The lowest BCUT2D eigenvalue weighted by Gasteiger charge is -2.36. The van der Waals surface area contributed by atoms with Gasteiger partial charge in [0.1, 0.15) is 12.1 Å². The van der Waals surface area contributed by atoms with Crippen molar-refractivity contribution in [1.82, 2.24) is 0 Å². The second kappa shape index (κ2) is 5.30. The molecule has 1 aromatic rings. The van der Waals surface area contributed by atoms with E-state index in [-0.39, 0.29) is 5.60 Å². The van der Waals surface area contributed by atoms with E-state index < -0.39 is 0 Å². The summed E-state index contributed by atoms with van der Waals surface area (Å²) in [5.41, 5.74) is 1.61. The lowest BCUT2D eigenvalue weighted by Crippen LogP contribution is -2.40. The van der Waals surface area contributed by atoms with Gasteiger partial charge in [-0.25, -0.2) is 0 Å². The largest absolute Gasteiger partial charge is 0.382 e. The third-order valence-corrected chi connectivity index (χ3v) is 3.33. The zero-order chi connectivity index (χ0) is 13.9. The number of ether oxygens (including phenoxy) is 1. The van der Waals surface area contributed by atoms with Gasteiger partial charge in [0.15, 0.2) is 0 Å². The minimum atomic E-state index is -0.111. The highest BCUT2D eigenvalue weighted by molar-refractivity contribution is 5.56. The quantitative estimate of drug-likeness (QED) is 0.882. The molecule has 1 N–H and O–H groups in total. The standard InChI is InChI=1S/C15H17N3O/c1-15(2)8-14(5-6-19-15)18-13-4-3-11(9-16)12(7-13)10-17/h3-4,7,14,18H,5-6,8H2,1-2H3. The summed E-state index contributed by atoms with van der Waals surface area (Å²) < 4.78 is 5.68. The fourth-order valence-electron chi connectivity index (χ4n) is 2.41. The number of rotatable bonds is 2. The Labute approximate surface area is 113 Å². The summed E-state index contributed by atoms with van der Waals surface area (Å²) in [5.74, 6) is 0. The van der Waals surface area contributed by atoms with E-state index in [1.807, 2.05) is 12.1 Å². The highest BCUT2D eigenvalue weighted by atomic mass is 16.5. The Morgan fingerprint density at radius 2 is 2.00 bits per heavy atom. The first-order valence-electron chi connectivity index (χ1n) is 6.39. The monoisotopic (exact) mass is 255 g/mol. The fraction of sp³-hybridized carbons (Fsp3) is 0.467. The van der Waals surface area contributed by atoms with Crippen LogP contribution in [0.15, 0.2) is 18.2 Å². The molecule has 4 heteroatoms. The number of hydrogen-bond acceptors (Lipinski definition) is 4. The van der Waals surface area contributed by atoms with E-state index in [1.54, 1.807) is 12.1 Å². The lowest BCUT2D eigenvalue weighted by molar-refractivity contribution is -0.0553. The predicted molar refractivity (Wildman–Crippen MR) is 72.5 cm³/mol. The second-order valence-electron chi connectivity index (χ2n) is 5.43. The van der Waals surface area contributed by atoms with Crippen molar-refractivity contribution in [2.24, 2.45) is 0 Å². The van der Waals surface area contributed by atoms with Crippen molar-refractivity contribution in [3.05, 3.63) is 29.3 Å². The zero-order valence-electron chi connectivity index (χ0n) is 11.2. The summed E-state index contributed by atoms with van der Waals surface area (Å²) in [6.07, 6.45) is 1.88. The van der Waals surface area contributed by atoms with Crippen molar-refractivity contribution in [2.75, 3.05) is 11.9 Å². The van der Waals surface area contributed by atoms with E-state index in [1.165, 1.54) is 0 Å². The maximum atomic E-state index is 9.01. The Morgan fingerprint density at radius 1 is 1.26 bits per heavy atom. The van der Waals surface area contributed by atoms with Crippen LogP contribution in [0.25, 0.3) is 0 Å². The van der Waals surface area contributed by atoms with Crippen LogP contribution in [0.1, 0.15) is 37.8 Å². The normalized spacial score (nSPS) is 21.2. The summed E-state index contributed by atoms with van der Waals surface area (Å²) in [5, 5.41) is 21.3. The molecule has 2 rings (SSSR count). The van der Waals surface area contributed by atoms with E-state index in [4.69, 9.17) is 15.3 Å². The van der Waals surface area contributed by atoms with Crippen molar-refractivity contribution >= 4 is 5.69 Å². The van der Waals surface area contributed by atoms with Crippen LogP contribution >= 0.6 is 0 Å². The average molecular weight is 255 g/mol. The van der Waals surface area contributed by atoms with Gasteiger partial charge in [-0.2, -0.15) is 10.5 Å². The van der Waals surface area contributed by atoms with Gasteiger partial charge in [0.2, 0.25) is 0 Å². The molecule has 4 nitrogen and oxygen atoms in total. The Balaban J connectivity index is 2.12. The van der Waals surface area contributed by atoms with Crippen molar-refractivity contribution in [1.29, 1.82) is 10.5 Å². The molecular weight excluding hydrogens is 238 g/mol. The van der Waals surface area contributed by atoms with Crippen molar-refractivity contribution in [3.8, 4) is 12.1 Å². The van der Waals surface area contributed by atoms with Crippen molar-refractivity contribution < 1.29 is 4.74 Å². The molecule has 0 bridgehead atoms. The van der Waals surface area contributed by atoms with Crippen LogP contribution in [0, 0.1) is 22.7 Å². The first-order valence-corrected chi connectivity index (χ1v) is 6.39. The van der Waals surface area contributed by atoms with Crippen molar-refractivity contribution in [2.45, 2.75) is 38.3 Å². The van der Waals surface area contributed by atoms with Crippen LogP contribution in [0.5, 0.6) is 0 Å². The van der Waals surface area contributed by atoms with Crippen molar-refractivity contribution in [3.63, 3.8) is 0 Å². The first-order chi connectivity index (χ1) is 9.04. The molecule has 98 valence electrons. The predicted octanol–water partition coefficient (Wildman–Crippen LogP) is 2.80. The number of benzene rings is 1. The number of hydrogen-bond donors (Lipinski definition) is 1. The zero-order valence-corrected chi connectivity index (χ0v) is 11.2. The molecule has 1 fully saturated rings. The first kappa shape index (κ1) is 13.4. The number of nitriles is 2. The van der Waals surface area contributed by atoms with Gasteiger partial charge < -0.3 is 10.1 Å². The van der Waals surface area contributed by atoms with E-state index in [0.29, 0.717) is 17.2 Å². The molecule has 0 aromatic heterocycles. The molecule has 1 aromatic carbocycles. The number of anilines is 1. The number of nitrogens with one attached hydrogen (secondary N) is 1. The minimum absolute atomic E-state index is 0.111. The van der Waals surface area contributed by atoms with E-state index in [9.17, 15) is 0 Å². The molecule has 1 aliphatic rings. The number of nitrogens with zero attached hydrogens (tertiary/aromatic N) is 2. The molecule has 0 saturated carbocycles. The average Bonchev–Trinajstić information content (AvgIpc) is 2.37. The lowest BCUT2D eigenvalue weighted by atomic mass is 9.93. The van der Waals surface area contributed by atoms with Crippen LogP contribution in [0.3, 0.4) is 0 Å². The molecule has 1 aliphatic heterocycles. The summed E-state index contributed by atoms with van der Waals surface area (Å²) in [7, 11) is 0. The Bertz CT molecular complexity index is 551. The summed E-state index contributed by atoms with van der Waals surface area (Å²) in [4.78, 5) is 0. The van der Waals surface area contributed by atoms with E-state index >= 15 is 0 Å². The second-order valence-corrected chi connectivity index (χ2v) is 5.43. The van der Waals surface area contributed by atoms with E-state index in [2.05, 4.69) is 25.2 Å². The van der Waals surface area contributed by atoms with Crippen LogP contribution in [-0.2, 0) is 4.74 Å². The van der Waals surface area contributed by atoms with Crippen LogP contribution in [-0.4, -0.2) is 18.2 Å². The topological polar surface area (TPSA) is 68.8 Å². The Morgan fingerprint density at radius 3 is 2.63 bits per heavy atom. The molecule has 19 heavy (non-hydrogen) atoms. The third-order valence-electron chi connectivity index (χ3n) is 3.33. The molecule has 0 aliphatic carbocycles. The maximum absolute atomic E-state index is 9.01. The van der Waals surface area contributed by atoms with Gasteiger partial charge in [0, 0.05) is 18.3 Å². The highest BCUT2D eigenvalue weighted by Crippen LogP contribution is 2.26. The Hall–Kier alpha value is -2.04. The molecule has 1 unspecified atom stereocenters. The van der Waals surface area contributed by atoms with Gasteiger partial charge in [-0.1, -0.05) is 0 Å². The fourth-order valence-corrected chi connectivity index (χ4v) is 2.41. The highest BCUT2D eigenvalue weighted by Gasteiger charge is 2.28. The van der Waals surface area contributed by atoms with Gasteiger partial charge in [-0.3, -0.25) is 0 Å². The molecule has 0 amide bonds. The van der Waals surface area contributed by atoms with Gasteiger partial charge in [-0.15, -0.1) is 0 Å². The molecule has 1 heterocycles. The molecule has 1 saturated heterocycles. The van der Waals surface area contributed by atoms with Crippen LogP contribution in [0.4, 0.5) is 5.69 Å². The molecule has 1 atom stereocenters. The molecule has 0 spiro atoms. The molecular formula is C15H17N3O. The third kappa shape index (κ3) is 3.24. The Kier molecular flexibility index (Phi) is 3.74. The van der Waals surface area contributed by atoms with Gasteiger partial charge in [0.05, 0.1) is 16.7 Å². The summed E-state index contributed by atoms with van der Waals surface area (Å²) in [6.45, 7) is 4.91. The minimum Gasteiger partial charge on any atom is -0.382 e. The molecule has 0 radical (unpaired) electrons. The summed E-state index contributed by atoms with van der Waals surface area (Å²) >= 11 is 0. The maximum Gasteiger partial charge on any atom is 0.101 e. The van der Waals surface area contributed by atoms with E-state index in [0.717, 1.165) is 25.1 Å². The smallest absolute Gasteiger partial charge is 0.101 e.